The highest BCUT2D eigenvalue weighted by Crippen LogP contribution is 2.21. The van der Waals surface area contributed by atoms with Gasteiger partial charge in [0.2, 0.25) is 0 Å². The second-order valence-corrected chi connectivity index (χ2v) is 3.90. The molecule has 0 radical (unpaired) electrons. The zero-order valence-electron chi connectivity index (χ0n) is 7.85. The summed E-state index contributed by atoms with van der Waals surface area (Å²) in [6.45, 7) is 7.55. The Balaban J connectivity index is 4.22. The Morgan fingerprint density at radius 2 is 1.91 bits per heavy atom. The van der Waals surface area contributed by atoms with Crippen LogP contribution in [0.1, 0.15) is 34.1 Å². The molecule has 0 aromatic rings. The number of carbonyl (C=O) groups is 1. The minimum absolute atomic E-state index is 0.0212. The van der Waals surface area contributed by atoms with Crippen LogP contribution in [0.25, 0.3) is 0 Å². The molecule has 0 aliphatic heterocycles. The molecule has 0 aromatic carbocycles. The number of carbonyl (C=O) groups excluding carboxylic acids is 1. The van der Waals surface area contributed by atoms with E-state index in [2.05, 4.69) is 0 Å². The normalized spacial score (nSPS) is 14.6. The van der Waals surface area contributed by atoms with Crippen molar-refractivity contribution in [3.05, 3.63) is 0 Å². The number of rotatable bonds is 3. The summed E-state index contributed by atoms with van der Waals surface area (Å²) in [6, 6.07) is 0. The van der Waals surface area contributed by atoms with Crippen molar-refractivity contribution < 1.29 is 9.90 Å². The van der Waals surface area contributed by atoms with E-state index in [9.17, 15) is 4.79 Å². The summed E-state index contributed by atoms with van der Waals surface area (Å²) in [5.74, 6) is -0.0162. The summed E-state index contributed by atoms with van der Waals surface area (Å²) < 4.78 is 0. The first-order valence-corrected chi connectivity index (χ1v) is 4.08. The Hall–Kier alpha value is -0.370. The van der Waals surface area contributed by atoms with E-state index in [0.29, 0.717) is 0 Å². The van der Waals surface area contributed by atoms with Gasteiger partial charge in [-0.05, 0) is 6.42 Å². The van der Waals surface area contributed by atoms with Gasteiger partial charge in [-0.15, -0.1) is 0 Å². The Kier molecular flexibility index (Phi) is 3.73. The van der Waals surface area contributed by atoms with Crippen LogP contribution in [0.4, 0.5) is 0 Å². The Morgan fingerprint density at radius 1 is 1.45 bits per heavy atom. The zero-order chi connectivity index (χ0) is 9.07. The number of aliphatic hydroxyl groups is 1. The fraction of sp³-hybridized carbons (Fsp3) is 0.889. The molecular weight excluding hydrogens is 140 g/mol. The number of Topliss-reactive ketones (excluding diaryl/α,β-unsaturated/α-hetero) is 1. The highest BCUT2D eigenvalue weighted by Gasteiger charge is 2.27. The van der Waals surface area contributed by atoms with E-state index in [1.165, 1.54) is 0 Å². The SMILES string of the molecule is CCC(CO)C(=O)C(C)(C)C. The van der Waals surface area contributed by atoms with Crippen LogP contribution in [0.2, 0.25) is 0 Å². The topological polar surface area (TPSA) is 37.3 Å². The first kappa shape index (κ1) is 10.6. The van der Waals surface area contributed by atoms with Crippen molar-refractivity contribution in [1.29, 1.82) is 0 Å². The van der Waals surface area contributed by atoms with Crippen molar-refractivity contribution in [2.45, 2.75) is 34.1 Å². The van der Waals surface area contributed by atoms with Crippen molar-refractivity contribution in [2.75, 3.05) is 6.61 Å². The maximum absolute atomic E-state index is 11.5. The molecule has 1 N–H and O–H groups in total. The number of hydrogen-bond acceptors (Lipinski definition) is 2. The van der Waals surface area contributed by atoms with E-state index in [1.807, 2.05) is 27.7 Å². The smallest absolute Gasteiger partial charge is 0.143 e. The predicted octanol–water partition coefficient (Wildman–Crippen LogP) is 1.62. The monoisotopic (exact) mass is 158 g/mol. The lowest BCUT2D eigenvalue weighted by Gasteiger charge is -2.21. The summed E-state index contributed by atoms with van der Waals surface area (Å²) >= 11 is 0. The fourth-order valence-corrected chi connectivity index (χ4v) is 1.01. The molecule has 0 aromatic heterocycles. The lowest BCUT2D eigenvalue weighted by atomic mass is 9.82. The van der Waals surface area contributed by atoms with E-state index in [1.54, 1.807) is 0 Å². The minimum Gasteiger partial charge on any atom is -0.396 e. The van der Waals surface area contributed by atoms with Crippen molar-refractivity contribution in [2.24, 2.45) is 11.3 Å². The summed E-state index contributed by atoms with van der Waals surface area (Å²) in [5.41, 5.74) is -0.316. The quantitative estimate of drug-likeness (QED) is 0.677. The van der Waals surface area contributed by atoms with Gasteiger partial charge in [0.1, 0.15) is 5.78 Å². The molecule has 0 aliphatic carbocycles. The standard InChI is InChI=1S/C9H18O2/c1-5-7(6-10)8(11)9(2,3)4/h7,10H,5-6H2,1-4H3. The average molecular weight is 158 g/mol. The highest BCUT2D eigenvalue weighted by atomic mass is 16.3. The molecule has 66 valence electrons. The van der Waals surface area contributed by atoms with Gasteiger partial charge in [-0.3, -0.25) is 4.79 Å². The molecule has 0 rings (SSSR count). The first-order chi connectivity index (χ1) is 4.93. The second kappa shape index (κ2) is 3.86. The van der Waals surface area contributed by atoms with Gasteiger partial charge in [-0.1, -0.05) is 27.7 Å². The Labute approximate surface area is 68.6 Å². The maximum Gasteiger partial charge on any atom is 0.143 e. The molecule has 2 nitrogen and oxygen atoms in total. The van der Waals surface area contributed by atoms with Crippen molar-refractivity contribution in [3.8, 4) is 0 Å². The molecule has 0 saturated heterocycles. The minimum atomic E-state index is -0.316. The van der Waals surface area contributed by atoms with Crippen LogP contribution in [0.5, 0.6) is 0 Å². The summed E-state index contributed by atoms with van der Waals surface area (Å²) in [7, 11) is 0. The van der Waals surface area contributed by atoms with Crippen LogP contribution in [0, 0.1) is 11.3 Å². The molecule has 2 heteroatoms. The molecule has 11 heavy (non-hydrogen) atoms. The number of aliphatic hydroxyl groups excluding tert-OH is 1. The summed E-state index contributed by atoms with van der Waals surface area (Å²) in [4.78, 5) is 11.5. The van der Waals surface area contributed by atoms with Crippen LogP contribution < -0.4 is 0 Å². The first-order valence-electron chi connectivity index (χ1n) is 4.08. The maximum atomic E-state index is 11.5. The van der Waals surface area contributed by atoms with Gasteiger partial charge >= 0.3 is 0 Å². The van der Waals surface area contributed by atoms with E-state index in [0.717, 1.165) is 6.42 Å². The van der Waals surface area contributed by atoms with Gasteiger partial charge in [0.15, 0.2) is 0 Å². The lowest BCUT2D eigenvalue weighted by molar-refractivity contribution is -0.131. The van der Waals surface area contributed by atoms with E-state index >= 15 is 0 Å². The van der Waals surface area contributed by atoms with E-state index in [4.69, 9.17) is 5.11 Å². The zero-order valence-corrected chi connectivity index (χ0v) is 7.85. The van der Waals surface area contributed by atoms with Crippen LogP contribution in [-0.2, 0) is 4.79 Å². The molecule has 0 saturated carbocycles. The molecule has 0 bridgehead atoms. The van der Waals surface area contributed by atoms with Gasteiger partial charge in [0, 0.05) is 11.3 Å². The van der Waals surface area contributed by atoms with Crippen LogP contribution in [0.3, 0.4) is 0 Å². The van der Waals surface area contributed by atoms with E-state index in [-0.39, 0.29) is 23.7 Å². The third-order valence-corrected chi connectivity index (χ3v) is 1.82. The third kappa shape index (κ3) is 3.02. The summed E-state index contributed by atoms with van der Waals surface area (Å²) in [6.07, 6.45) is 0.729. The Bertz CT molecular complexity index is 129. The highest BCUT2D eigenvalue weighted by molar-refractivity contribution is 5.85. The number of hydrogen-bond donors (Lipinski definition) is 1. The van der Waals surface area contributed by atoms with Gasteiger partial charge in [-0.25, -0.2) is 0 Å². The molecule has 0 spiro atoms. The summed E-state index contributed by atoms with van der Waals surface area (Å²) in [5, 5.41) is 8.84. The molecular formula is C9H18O2. The fourth-order valence-electron chi connectivity index (χ4n) is 1.01. The molecule has 0 heterocycles. The van der Waals surface area contributed by atoms with Gasteiger partial charge in [0.25, 0.3) is 0 Å². The third-order valence-electron chi connectivity index (χ3n) is 1.82. The Morgan fingerprint density at radius 3 is 2.00 bits per heavy atom. The van der Waals surface area contributed by atoms with Crippen LogP contribution in [-0.4, -0.2) is 17.5 Å². The van der Waals surface area contributed by atoms with Crippen molar-refractivity contribution in [3.63, 3.8) is 0 Å². The van der Waals surface area contributed by atoms with E-state index < -0.39 is 0 Å². The average Bonchev–Trinajstić information content (AvgIpc) is 1.88. The van der Waals surface area contributed by atoms with Gasteiger partial charge in [-0.2, -0.15) is 0 Å². The number of ketones is 1. The van der Waals surface area contributed by atoms with Crippen LogP contribution >= 0.6 is 0 Å². The lowest BCUT2D eigenvalue weighted by Crippen LogP contribution is -2.30. The van der Waals surface area contributed by atoms with Crippen molar-refractivity contribution in [1.82, 2.24) is 0 Å². The predicted molar refractivity (Wildman–Crippen MR) is 45.3 cm³/mol. The molecule has 0 fully saturated rings. The molecule has 0 amide bonds. The molecule has 0 aliphatic rings. The molecule has 1 atom stereocenters. The van der Waals surface area contributed by atoms with Gasteiger partial charge < -0.3 is 5.11 Å². The molecule has 1 unspecified atom stereocenters. The largest absolute Gasteiger partial charge is 0.396 e. The van der Waals surface area contributed by atoms with Crippen molar-refractivity contribution >= 4 is 5.78 Å². The van der Waals surface area contributed by atoms with Gasteiger partial charge in [0.05, 0.1) is 6.61 Å². The van der Waals surface area contributed by atoms with Crippen LogP contribution in [0.15, 0.2) is 0 Å². The second-order valence-electron chi connectivity index (χ2n) is 3.90.